The first kappa shape index (κ1) is 17.5. The molecule has 2 atom stereocenters. The topological polar surface area (TPSA) is 135 Å². The Morgan fingerprint density at radius 1 is 1.52 bits per heavy atom. The molecule has 0 aliphatic carbocycles. The highest BCUT2D eigenvalue weighted by Crippen LogP contribution is 2.08. The smallest absolute Gasteiger partial charge is 0.293 e. The quantitative estimate of drug-likeness (QED) is 0.256. The van der Waals surface area contributed by atoms with E-state index in [2.05, 4.69) is 9.97 Å². The Kier molecular flexibility index (Phi) is 7.23. The van der Waals surface area contributed by atoms with E-state index in [1.54, 1.807) is 11.8 Å². The van der Waals surface area contributed by atoms with Crippen molar-refractivity contribution in [1.29, 1.82) is 0 Å². The second-order valence-corrected chi connectivity index (χ2v) is 5.60. The van der Waals surface area contributed by atoms with Gasteiger partial charge in [0.1, 0.15) is 18.1 Å². The second kappa shape index (κ2) is 8.67. The van der Waals surface area contributed by atoms with E-state index in [0.29, 0.717) is 17.2 Å². The third-order valence-electron chi connectivity index (χ3n) is 2.72. The molecule has 1 heterocycles. The van der Waals surface area contributed by atoms with Crippen LogP contribution < -0.4 is 11.6 Å². The Morgan fingerprint density at radius 2 is 2.24 bits per heavy atom. The van der Waals surface area contributed by atoms with Gasteiger partial charge in [-0.2, -0.15) is 11.8 Å². The molecule has 0 fully saturated rings. The Morgan fingerprint density at radius 3 is 2.81 bits per heavy atom. The van der Waals surface area contributed by atoms with Gasteiger partial charge in [0.25, 0.3) is 11.8 Å². The number of hydrazine groups is 1. The Balaban J connectivity index is 2.62. The number of nitrogens with two attached hydrogens (primary N) is 2. The molecule has 21 heavy (non-hydrogen) atoms. The lowest BCUT2D eigenvalue weighted by Gasteiger charge is -2.22. The van der Waals surface area contributed by atoms with Gasteiger partial charge >= 0.3 is 0 Å². The number of imide groups is 1. The average molecular weight is 313 g/mol. The molecule has 0 bridgehead atoms. The number of hydrogen-bond acceptors (Lipinski definition) is 8. The number of carbonyl (C=O) groups excluding carboxylic acids is 2. The van der Waals surface area contributed by atoms with E-state index in [4.69, 9.17) is 11.6 Å². The summed E-state index contributed by atoms with van der Waals surface area (Å²) in [6.07, 6.45) is 1.43. The molecule has 0 spiro atoms. The van der Waals surface area contributed by atoms with E-state index < -0.39 is 24.0 Å². The van der Waals surface area contributed by atoms with Crippen LogP contribution in [0.25, 0.3) is 0 Å². The van der Waals surface area contributed by atoms with Gasteiger partial charge in [0.05, 0.1) is 0 Å². The molecule has 0 aliphatic rings. The number of thioether (sulfide) groups is 1. The Hall–Kier alpha value is -1.55. The Bertz CT molecular complexity index is 473. The van der Waals surface area contributed by atoms with Gasteiger partial charge in [-0.25, -0.2) is 20.8 Å². The first-order chi connectivity index (χ1) is 9.99. The number of aromatic nitrogens is 2. The molecule has 116 valence electrons. The fraction of sp³-hybridized carbons (Fsp3) is 0.500. The molecule has 8 nitrogen and oxygen atoms in total. The van der Waals surface area contributed by atoms with Crippen LogP contribution in [0.2, 0.25) is 0 Å². The third kappa shape index (κ3) is 5.05. The van der Waals surface area contributed by atoms with Crippen LogP contribution in [0, 0.1) is 0 Å². The second-order valence-electron chi connectivity index (χ2n) is 4.20. The molecule has 1 unspecified atom stereocenters. The van der Waals surface area contributed by atoms with Gasteiger partial charge in [-0.05, 0) is 24.0 Å². The molecule has 1 aromatic rings. The van der Waals surface area contributed by atoms with E-state index in [1.165, 1.54) is 12.3 Å². The largest absolute Gasteiger partial charge is 0.382 e. The molecule has 0 aliphatic heterocycles. The highest BCUT2D eigenvalue weighted by Gasteiger charge is 2.30. The van der Waals surface area contributed by atoms with Crippen molar-refractivity contribution in [1.82, 2.24) is 15.0 Å². The van der Waals surface area contributed by atoms with E-state index in [1.807, 2.05) is 6.92 Å². The third-order valence-corrected chi connectivity index (χ3v) is 3.65. The van der Waals surface area contributed by atoms with Crippen molar-refractivity contribution in [2.24, 2.45) is 11.6 Å². The first-order valence-electron chi connectivity index (χ1n) is 6.39. The van der Waals surface area contributed by atoms with Gasteiger partial charge in [-0.15, -0.1) is 0 Å². The number of nitrogens with zero attached hydrogens (tertiary/aromatic N) is 3. The van der Waals surface area contributed by atoms with Crippen molar-refractivity contribution in [3.05, 3.63) is 24.3 Å². The van der Waals surface area contributed by atoms with Gasteiger partial charge in [0, 0.05) is 12.2 Å². The predicted molar refractivity (Wildman–Crippen MR) is 79.0 cm³/mol. The number of carbonyl (C=O) groups is 2. The molecule has 5 N–H and O–H groups in total. The van der Waals surface area contributed by atoms with Crippen LogP contribution in [-0.4, -0.2) is 55.5 Å². The zero-order chi connectivity index (χ0) is 15.8. The zero-order valence-electron chi connectivity index (χ0n) is 11.7. The minimum atomic E-state index is -1.53. The summed E-state index contributed by atoms with van der Waals surface area (Å²) >= 11 is 1.65. The zero-order valence-corrected chi connectivity index (χ0v) is 12.5. The minimum absolute atomic E-state index is 0.0387. The molecule has 0 radical (unpaired) electrons. The standard InChI is InChI=1S/C12H19N5O3S/c1-2-21-6-4-8(13)10(18)12(20)17(14)11(19)9-3-5-15-7-16-9/h3,5,7-8,10,18H,2,4,6,13-14H2,1H3/t8-,10?/m1/s1. The fourth-order valence-electron chi connectivity index (χ4n) is 1.49. The maximum atomic E-state index is 11.9. The van der Waals surface area contributed by atoms with Gasteiger partial charge in [-0.1, -0.05) is 6.92 Å². The van der Waals surface area contributed by atoms with Crippen molar-refractivity contribution >= 4 is 23.6 Å². The van der Waals surface area contributed by atoms with Crippen LogP contribution in [0.15, 0.2) is 18.6 Å². The van der Waals surface area contributed by atoms with E-state index in [9.17, 15) is 14.7 Å². The maximum absolute atomic E-state index is 11.9. The molecule has 0 saturated carbocycles. The SMILES string of the molecule is CCSCC[C@@H](N)C(O)C(=O)N(N)C(=O)c1ccncn1. The molecule has 9 heteroatoms. The molecular formula is C12H19N5O3S. The summed E-state index contributed by atoms with van der Waals surface area (Å²) in [5.41, 5.74) is 5.69. The van der Waals surface area contributed by atoms with Crippen molar-refractivity contribution in [3.63, 3.8) is 0 Å². The van der Waals surface area contributed by atoms with Crippen LogP contribution in [-0.2, 0) is 4.79 Å². The lowest BCUT2D eigenvalue weighted by atomic mass is 10.1. The van der Waals surface area contributed by atoms with E-state index >= 15 is 0 Å². The molecule has 1 aromatic heterocycles. The summed E-state index contributed by atoms with van der Waals surface area (Å²) in [7, 11) is 0. The highest BCUT2D eigenvalue weighted by molar-refractivity contribution is 7.99. The van der Waals surface area contributed by atoms with Crippen LogP contribution in [0.5, 0.6) is 0 Å². The van der Waals surface area contributed by atoms with Gasteiger partial charge in [-0.3, -0.25) is 9.59 Å². The monoisotopic (exact) mass is 313 g/mol. The molecule has 2 amide bonds. The van der Waals surface area contributed by atoms with Gasteiger partial charge in [0.15, 0.2) is 0 Å². The molecule has 0 aromatic carbocycles. The summed E-state index contributed by atoms with van der Waals surface area (Å²) in [5, 5.41) is 10.2. The summed E-state index contributed by atoms with van der Waals surface area (Å²) in [5.74, 6) is 5.30. The summed E-state index contributed by atoms with van der Waals surface area (Å²) < 4.78 is 0. The van der Waals surface area contributed by atoms with Crippen LogP contribution >= 0.6 is 11.8 Å². The lowest BCUT2D eigenvalue weighted by molar-refractivity contribution is -0.138. The van der Waals surface area contributed by atoms with E-state index in [-0.39, 0.29) is 5.69 Å². The molecule has 0 saturated heterocycles. The fourth-order valence-corrected chi connectivity index (χ4v) is 2.22. The lowest BCUT2D eigenvalue weighted by Crippen LogP contribution is -2.53. The number of amides is 2. The van der Waals surface area contributed by atoms with Crippen molar-refractivity contribution in [3.8, 4) is 0 Å². The number of aliphatic hydroxyl groups excluding tert-OH is 1. The highest BCUT2D eigenvalue weighted by atomic mass is 32.2. The van der Waals surface area contributed by atoms with Crippen LogP contribution in [0.4, 0.5) is 0 Å². The van der Waals surface area contributed by atoms with Crippen molar-refractivity contribution < 1.29 is 14.7 Å². The number of rotatable bonds is 7. The number of hydrogen-bond donors (Lipinski definition) is 3. The normalized spacial score (nSPS) is 13.5. The number of aliphatic hydroxyl groups is 1. The Labute approximate surface area is 126 Å². The molecule has 1 rings (SSSR count). The summed E-state index contributed by atoms with van der Waals surface area (Å²) in [6.45, 7) is 2.00. The van der Waals surface area contributed by atoms with Gasteiger partial charge < -0.3 is 10.8 Å². The predicted octanol–water partition coefficient (Wildman–Crippen LogP) is -0.849. The van der Waals surface area contributed by atoms with Crippen molar-refractivity contribution in [2.45, 2.75) is 25.5 Å². The maximum Gasteiger partial charge on any atom is 0.293 e. The molecular weight excluding hydrogens is 294 g/mol. The van der Waals surface area contributed by atoms with Crippen LogP contribution in [0.3, 0.4) is 0 Å². The first-order valence-corrected chi connectivity index (χ1v) is 7.54. The van der Waals surface area contributed by atoms with Gasteiger partial charge in [0.2, 0.25) is 0 Å². The van der Waals surface area contributed by atoms with E-state index in [0.717, 1.165) is 12.1 Å². The minimum Gasteiger partial charge on any atom is -0.382 e. The summed E-state index contributed by atoms with van der Waals surface area (Å²) in [6, 6.07) is 0.542. The summed E-state index contributed by atoms with van der Waals surface area (Å²) in [4.78, 5) is 31.2. The van der Waals surface area contributed by atoms with Crippen LogP contribution in [0.1, 0.15) is 23.8 Å². The average Bonchev–Trinajstić information content (AvgIpc) is 2.52. The van der Waals surface area contributed by atoms with Crippen molar-refractivity contribution in [2.75, 3.05) is 11.5 Å².